The molecule has 6 nitrogen and oxygen atoms in total. The van der Waals surface area contributed by atoms with E-state index >= 15 is 0 Å². The number of carbonyl (C=O) groups is 2. The number of rotatable bonds is 6. The third kappa shape index (κ3) is 4.87. The number of benzene rings is 2. The van der Waals surface area contributed by atoms with E-state index in [-0.39, 0.29) is 17.7 Å². The van der Waals surface area contributed by atoms with E-state index in [2.05, 4.69) is 10.2 Å². The van der Waals surface area contributed by atoms with Gasteiger partial charge in [0, 0.05) is 26.2 Å². The molecule has 1 N–H and O–H groups in total. The van der Waals surface area contributed by atoms with Crippen LogP contribution in [0.25, 0.3) is 0 Å². The van der Waals surface area contributed by atoms with Crippen molar-refractivity contribution in [2.24, 2.45) is 5.92 Å². The van der Waals surface area contributed by atoms with Crippen LogP contribution in [-0.4, -0.2) is 56.0 Å². The summed E-state index contributed by atoms with van der Waals surface area (Å²) in [6, 6.07) is 14.1. The summed E-state index contributed by atoms with van der Waals surface area (Å²) >= 11 is 6.31. The first-order valence-corrected chi connectivity index (χ1v) is 10.5. The van der Waals surface area contributed by atoms with E-state index in [0.717, 1.165) is 5.69 Å². The Kier molecular flexibility index (Phi) is 7.21. The molecule has 1 aliphatic rings. The van der Waals surface area contributed by atoms with E-state index in [0.29, 0.717) is 42.5 Å². The van der Waals surface area contributed by atoms with Crippen LogP contribution >= 0.6 is 11.6 Å². The average Bonchev–Trinajstić information content (AvgIpc) is 2.77. The highest BCUT2D eigenvalue weighted by molar-refractivity contribution is 6.33. The van der Waals surface area contributed by atoms with Crippen LogP contribution < -0.4 is 15.0 Å². The molecule has 1 atom stereocenters. The van der Waals surface area contributed by atoms with Crippen molar-refractivity contribution >= 4 is 29.1 Å². The predicted octanol–water partition coefficient (Wildman–Crippen LogP) is 3.45. The van der Waals surface area contributed by atoms with Crippen molar-refractivity contribution in [3.05, 3.63) is 59.1 Å². The maximum atomic E-state index is 13.2. The van der Waals surface area contributed by atoms with Gasteiger partial charge in [-0.3, -0.25) is 9.59 Å². The van der Waals surface area contributed by atoms with Crippen LogP contribution in [0, 0.1) is 5.92 Å². The standard InChI is InChI=1S/C23H28ClN3O3/c1-16(2)21(25-22(28)17-8-4-7-11-20(17)30-3)23(29)27-14-12-26(13-15-27)19-10-6-5-9-18(19)24/h4-11,16,21H,12-15H2,1-3H3,(H,25,28). The zero-order chi connectivity index (χ0) is 21.7. The third-order valence-corrected chi connectivity index (χ3v) is 5.68. The van der Waals surface area contributed by atoms with Gasteiger partial charge >= 0.3 is 0 Å². The van der Waals surface area contributed by atoms with Crippen molar-refractivity contribution in [2.75, 3.05) is 38.2 Å². The van der Waals surface area contributed by atoms with E-state index < -0.39 is 6.04 Å². The second-order valence-electron chi connectivity index (χ2n) is 7.66. The molecule has 2 aromatic carbocycles. The van der Waals surface area contributed by atoms with E-state index in [9.17, 15) is 9.59 Å². The summed E-state index contributed by atoms with van der Waals surface area (Å²) in [7, 11) is 1.52. The fourth-order valence-electron chi connectivity index (χ4n) is 3.64. The predicted molar refractivity (Wildman–Crippen MR) is 119 cm³/mol. The van der Waals surface area contributed by atoms with Gasteiger partial charge in [-0.15, -0.1) is 0 Å². The zero-order valence-corrected chi connectivity index (χ0v) is 18.4. The number of nitrogens with one attached hydrogen (secondary N) is 1. The molecule has 1 unspecified atom stereocenters. The number of nitrogens with zero attached hydrogens (tertiary/aromatic N) is 2. The van der Waals surface area contributed by atoms with Crippen LogP contribution in [-0.2, 0) is 4.79 Å². The fraction of sp³-hybridized carbons (Fsp3) is 0.391. The SMILES string of the molecule is COc1ccccc1C(=O)NC(C(=O)N1CCN(c2ccccc2Cl)CC1)C(C)C. The van der Waals surface area contributed by atoms with Gasteiger partial charge in [-0.2, -0.15) is 0 Å². The summed E-state index contributed by atoms with van der Waals surface area (Å²) in [5, 5.41) is 3.62. The van der Waals surface area contributed by atoms with Crippen molar-refractivity contribution in [1.29, 1.82) is 0 Å². The molecule has 1 fully saturated rings. The number of methoxy groups -OCH3 is 1. The summed E-state index contributed by atoms with van der Waals surface area (Å²) in [6.45, 7) is 6.42. The molecule has 1 aliphatic heterocycles. The minimum Gasteiger partial charge on any atom is -0.496 e. The lowest BCUT2D eigenvalue weighted by atomic mass is 10.0. The Morgan fingerprint density at radius 2 is 1.63 bits per heavy atom. The molecule has 2 aromatic rings. The van der Waals surface area contributed by atoms with Crippen LogP contribution in [0.3, 0.4) is 0 Å². The van der Waals surface area contributed by atoms with Gasteiger partial charge in [0.1, 0.15) is 11.8 Å². The highest BCUT2D eigenvalue weighted by Crippen LogP contribution is 2.26. The van der Waals surface area contributed by atoms with Crippen molar-refractivity contribution in [3.8, 4) is 5.75 Å². The van der Waals surface area contributed by atoms with Crippen molar-refractivity contribution in [2.45, 2.75) is 19.9 Å². The molecule has 0 radical (unpaired) electrons. The molecule has 1 heterocycles. The molecule has 30 heavy (non-hydrogen) atoms. The van der Waals surface area contributed by atoms with Gasteiger partial charge in [-0.05, 0) is 30.2 Å². The first-order chi connectivity index (χ1) is 14.4. The van der Waals surface area contributed by atoms with Crippen LogP contribution in [0.5, 0.6) is 5.75 Å². The van der Waals surface area contributed by atoms with Crippen LogP contribution in [0.4, 0.5) is 5.69 Å². The molecule has 0 bridgehead atoms. The second-order valence-corrected chi connectivity index (χ2v) is 8.07. The second kappa shape index (κ2) is 9.85. The minimum atomic E-state index is -0.603. The van der Waals surface area contributed by atoms with Crippen molar-refractivity contribution < 1.29 is 14.3 Å². The molecule has 0 saturated carbocycles. The van der Waals surface area contributed by atoms with Crippen LogP contribution in [0.1, 0.15) is 24.2 Å². The van der Waals surface area contributed by atoms with E-state index in [4.69, 9.17) is 16.3 Å². The average molecular weight is 430 g/mol. The number of amides is 2. The maximum absolute atomic E-state index is 13.2. The van der Waals surface area contributed by atoms with E-state index in [1.54, 1.807) is 24.3 Å². The Hall–Kier alpha value is -2.73. The summed E-state index contributed by atoms with van der Waals surface area (Å²) in [5.41, 5.74) is 1.40. The maximum Gasteiger partial charge on any atom is 0.255 e. The largest absolute Gasteiger partial charge is 0.496 e. The fourth-order valence-corrected chi connectivity index (χ4v) is 3.89. The van der Waals surface area contributed by atoms with Gasteiger partial charge in [0.15, 0.2) is 0 Å². The lowest BCUT2D eigenvalue weighted by Crippen LogP contribution is -2.56. The number of para-hydroxylation sites is 2. The number of piperazine rings is 1. The topological polar surface area (TPSA) is 61.9 Å². The number of halogens is 1. The van der Waals surface area contributed by atoms with Crippen molar-refractivity contribution in [3.63, 3.8) is 0 Å². The molecule has 7 heteroatoms. The van der Waals surface area contributed by atoms with Crippen molar-refractivity contribution in [1.82, 2.24) is 10.2 Å². The van der Waals surface area contributed by atoms with E-state index in [1.807, 2.05) is 43.0 Å². The normalized spacial score (nSPS) is 15.1. The molecule has 0 spiro atoms. The Labute approximate surface area is 182 Å². The van der Waals surface area contributed by atoms with Crippen LogP contribution in [0.2, 0.25) is 5.02 Å². The highest BCUT2D eigenvalue weighted by Gasteiger charge is 2.31. The van der Waals surface area contributed by atoms with Gasteiger partial charge in [0.05, 0.1) is 23.4 Å². The van der Waals surface area contributed by atoms with Gasteiger partial charge in [-0.25, -0.2) is 0 Å². The number of anilines is 1. The molecule has 0 aromatic heterocycles. The highest BCUT2D eigenvalue weighted by atomic mass is 35.5. The molecule has 3 rings (SSSR count). The zero-order valence-electron chi connectivity index (χ0n) is 17.6. The summed E-state index contributed by atoms with van der Waals surface area (Å²) in [4.78, 5) is 30.0. The van der Waals surface area contributed by atoms with Gasteiger partial charge < -0.3 is 19.9 Å². The molecular weight excluding hydrogens is 402 g/mol. The lowest BCUT2D eigenvalue weighted by molar-refractivity contribution is -0.134. The monoisotopic (exact) mass is 429 g/mol. The Bertz CT molecular complexity index is 895. The van der Waals surface area contributed by atoms with Gasteiger partial charge in [-0.1, -0.05) is 49.7 Å². The lowest BCUT2D eigenvalue weighted by Gasteiger charge is -2.38. The first kappa shape index (κ1) is 22.0. The molecule has 1 saturated heterocycles. The minimum absolute atomic E-state index is 0.0437. The molecule has 2 amide bonds. The van der Waals surface area contributed by atoms with E-state index in [1.165, 1.54) is 7.11 Å². The molecular formula is C23H28ClN3O3. The van der Waals surface area contributed by atoms with Gasteiger partial charge in [0.25, 0.3) is 5.91 Å². The summed E-state index contributed by atoms with van der Waals surface area (Å²) in [6.07, 6.45) is 0. The Morgan fingerprint density at radius 3 is 2.27 bits per heavy atom. The Morgan fingerprint density at radius 1 is 1.00 bits per heavy atom. The number of ether oxygens (including phenoxy) is 1. The first-order valence-electron chi connectivity index (χ1n) is 10.1. The number of hydrogen-bond acceptors (Lipinski definition) is 4. The third-order valence-electron chi connectivity index (χ3n) is 5.36. The number of carbonyl (C=O) groups excluding carboxylic acids is 2. The molecule has 160 valence electrons. The summed E-state index contributed by atoms with van der Waals surface area (Å²) < 4.78 is 5.28. The number of hydrogen-bond donors (Lipinski definition) is 1. The smallest absolute Gasteiger partial charge is 0.255 e. The van der Waals surface area contributed by atoms with Gasteiger partial charge in [0.2, 0.25) is 5.91 Å². The van der Waals surface area contributed by atoms with Crippen LogP contribution in [0.15, 0.2) is 48.5 Å². The quantitative estimate of drug-likeness (QED) is 0.764. The molecule has 0 aliphatic carbocycles. The Balaban J connectivity index is 1.66. The summed E-state index contributed by atoms with van der Waals surface area (Å²) in [5.74, 6) is 0.0670.